The quantitative estimate of drug-likeness (QED) is 0.371. The Hall–Kier alpha value is -3.65. The van der Waals surface area contributed by atoms with Gasteiger partial charge in [0, 0.05) is 45.2 Å². The SMILES string of the molecule is Cc1ccccc1-c1cc2c(-c3cn(C4CS(=O)C4)nc3-c3ccc(F)cc3)ncnc2o1. The van der Waals surface area contributed by atoms with Crippen molar-refractivity contribution < 1.29 is 13.0 Å². The molecule has 6 rings (SSSR count). The second kappa shape index (κ2) is 7.74. The molecule has 0 saturated carbocycles. The lowest BCUT2D eigenvalue weighted by molar-refractivity contribution is 0.507. The van der Waals surface area contributed by atoms with Crippen LogP contribution in [0.25, 0.3) is 44.9 Å². The fourth-order valence-electron chi connectivity index (χ4n) is 4.16. The highest BCUT2D eigenvalue weighted by Crippen LogP contribution is 2.38. The van der Waals surface area contributed by atoms with Gasteiger partial charge in [-0.2, -0.15) is 5.10 Å². The predicted octanol–water partition coefficient (Wildman–Crippen LogP) is 5.17. The molecule has 1 saturated heterocycles. The van der Waals surface area contributed by atoms with Crippen LogP contribution in [0.1, 0.15) is 11.6 Å². The number of hydrogen-bond acceptors (Lipinski definition) is 5. The standard InChI is InChI=1S/C25H19FN4O2S/c1-15-4-2-3-5-19(15)22-10-20-24(27-14-28-25(20)32-22)21-11-30(18-12-33(31)13-18)29-23(21)16-6-8-17(26)9-7-16/h2-11,14,18H,12-13H2,1H3. The van der Waals surface area contributed by atoms with Crippen molar-refractivity contribution in [1.29, 1.82) is 0 Å². The van der Waals surface area contributed by atoms with Crippen molar-refractivity contribution in [1.82, 2.24) is 19.7 Å². The van der Waals surface area contributed by atoms with Gasteiger partial charge < -0.3 is 4.42 Å². The van der Waals surface area contributed by atoms with E-state index in [2.05, 4.69) is 9.97 Å². The minimum absolute atomic E-state index is 0.0722. The number of aromatic nitrogens is 4. The molecule has 8 heteroatoms. The smallest absolute Gasteiger partial charge is 0.230 e. The number of halogens is 1. The lowest BCUT2D eigenvalue weighted by Crippen LogP contribution is -2.33. The zero-order valence-corrected chi connectivity index (χ0v) is 18.6. The molecule has 0 bridgehead atoms. The van der Waals surface area contributed by atoms with Crippen LogP contribution >= 0.6 is 0 Å². The van der Waals surface area contributed by atoms with Crippen LogP contribution in [-0.2, 0) is 10.8 Å². The molecule has 3 aromatic heterocycles. The lowest BCUT2D eigenvalue weighted by Gasteiger charge is -2.24. The van der Waals surface area contributed by atoms with Gasteiger partial charge in [0.25, 0.3) is 0 Å². The minimum Gasteiger partial charge on any atom is -0.438 e. The average molecular weight is 459 g/mol. The highest BCUT2D eigenvalue weighted by Gasteiger charge is 2.30. The van der Waals surface area contributed by atoms with E-state index in [1.54, 1.807) is 12.1 Å². The Balaban J connectivity index is 1.54. The number of furan rings is 1. The van der Waals surface area contributed by atoms with Crippen LogP contribution in [0.4, 0.5) is 4.39 Å². The van der Waals surface area contributed by atoms with Crippen molar-refractivity contribution in [3.63, 3.8) is 0 Å². The Morgan fingerprint density at radius 2 is 1.82 bits per heavy atom. The second-order valence-corrected chi connectivity index (χ2v) is 9.72. The summed E-state index contributed by atoms with van der Waals surface area (Å²) in [5.74, 6) is 1.56. The largest absolute Gasteiger partial charge is 0.438 e. The van der Waals surface area contributed by atoms with Crippen molar-refractivity contribution in [2.45, 2.75) is 13.0 Å². The summed E-state index contributed by atoms with van der Waals surface area (Å²) in [7, 11) is -0.805. The van der Waals surface area contributed by atoms with E-state index in [-0.39, 0.29) is 11.9 Å². The van der Waals surface area contributed by atoms with E-state index >= 15 is 0 Å². The van der Waals surface area contributed by atoms with Gasteiger partial charge in [0.15, 0.2) is 0 Å². The van der Waals surface area contributed by atoms with Crippen LogP contribution in [0.2, 0.25) is 0 Å². The van der Waals surface area contributed by atoms with Crippen molar-refractivity contribution >= 4 is 21.9 Å². The van der Waals surface area contributed by atoms with Gasteiger partial charge in [-0.3, -0.25) is 8.89 Å². The molecular formula is C25H19FN4O2S. The minimum atomic E-state index is -0.805. The maximum atomic E-state index is 13.6. The summed E-state index contributed by atoms with van der Waals surface area (Å²) in [4.78, 5) is 8.92. The summed E-state index contributed by atoms with van der Waals surface area (Å²) in [5.41, 5.74) is 5.53. The Labute approximate surface area is 191 Å². The molecule has 1 aliphatic rings. The Bertz CT molecular complexity index is 1520. The highest BCUT2D eigenvalue weighted by atomic mass is 32.2. The Kier molecular flexibility index (Phi) is 4.69. The van der Waals surface area contributed by atoms with Gasteiger partial charge in [0.2, 0.25) is 5.71 Å². The van der Waals surface area contributed by atoms with E-state index in [1.807, 2.05) is 48.1 Å². The van der Waals surface area contributed by atoms with Crippen molar-refractivity contribution in [2.24, 2.45) is 0 Å². The number of fused-ring (bicyclic) bond motifs is 1. The first-order valence-electron chi connectivity index (χ1n) is 10.6. The third kappa shape index (κ3) is 3.47. The molecule has 33 heavy (non-hydrogen) atoms. The van der Waals surface area contributed by atoms with E-state index in [0.717, 1.165) is 33.4 Å². The first-order valence-corrected chi connectivity index (χ1v) is 12.1. The topological polar surface area (TPSA) is 73.8 Å². The van der Waals surface area contributed by atoms with Crippen LogP contribution in [0.3, 0.4) is 0 Å². The van der Waals surface area contributed by atoms with Gasteiger partial charge in [-0.25, -0.2) is 14.4 Å². The van der Waals surface area contributed by atoms with Crippen molar-refractivity contribution in [3.8, 4) is 33.8 Å². The Morgan fingerprint density at radius 1 is 1.03 bits per heavy atom. The zero-order chi connectivity index (χ0) is 22.5. The van der Waals surface area contributed by atoms with Crippen LogP contribution in [0, 0.1) is 12.7 Å². The summed E-state index contributed by atoms with van der Waals surface area (Å²) in [5, 5.41) is 5.57. The molecule has 0 radical (unpaired) electrons. The van der Waals surface area contributed by atoms with Gasteiger partial charge in [-0.15, -0.1) is 0 Å². The van der Waals surface area contributed by atoms with Gasteiger partial charge >= 0.3 is 0 Å². The Morgan fingerprint density at radius 3 is 2.58 bits per heavy atom. The normalized spacial score (nSPS) is 17.9. The molecule has 0 spiro atoms. The third-order valence-electron chi connectivity index (χ3n) is 5.98. The van der Waals surface area contributed by atoms with Crippen LogP contribution < -0.4 is 0 Å². The van der Waals surface area contributed by atoms with E-state index < -0.39 is 10.8 Å². The highest BCUT2D eigenvalue weighted by molar-refractivity contribution is 7.86. The van der Waals surface area contributed by atoms with Crippen LogP contribution in [0.5, 0.6) is 0 Å². The van der Waals surface area contributed by atoms with Gasteiger partial charge in [-0.05, 0) is 42.8 Å². The van der Waals surface area contributed by atoms with E-state index in [4.69, 9.17) is 9.52 Å². The van der Waals surface area contributed by atoms with E-state index in [0.29, 0.717) is 28.6 Å². The molecule has 0 aliphatic carbocycles. The van der Waals surface area contributed by atoms with Gasteiger partial charge in [0.1, 0.15) is 23.6 Å². The van der Waals surface area contributed by atoms with E-state index in [9.17, 15) is 8.60 Å². The molecule has 1 fully saturated rings. The van der Waals surface area contributed by atoms with Crippen molar-refractivity contribution in [2.75, 3.05) is 11.5 Å². The van der Waals surface area contributed by atoms with Gasteiger partial charge in [0.05, 0.1) is 17.1 Å². The summed E-state index contributed by atoms with van der Waals surface area (Å²) >= 11 is 0. The number of aryl methyl sites for hydroxylation is 1. The predicted molar refractivity (Wildman–Crippen MR) is 126 cm³/mol. The molecule has 1 aliphatic heterocycles. The maximum absolute atomic E-state index is 13.6. The lowest BCUT2D eigenvalue weighted by atomic mass is 10.0. The number of rotatable bonds is 4. The maximum Gasteiger partial charge on any atom is 0.230 e. The third-order valence-corrected chi connectivity index (χ3v) is 7.49. The first-order chi connectivity index (χ1) is 16.1. The molecule has 0 N–H and O–H groups in total. The molecular weight excluding hydrogens is 439 g/mol. The fraction of sp³-hybridized carbons (Fsp3) is 0.160. The van der Waals surface area contributed by atoms with Gasteiger partial charge in [-0.1, -0.05) is 24.3 Å². The fourth-order valence-corrected chi connectivity index (χ4v) is 5.22. The van der Waals surface area contributed by atoms with E-state index in [1.165, 1.54) is 18.5 Å². The number of hydrogen-bond donors (Lipinski definition) is 0. The molecule has 5 aromatic rings. The van der Waals surface area contributed by atoms with Crippen molar-refractivity contribution in [3.05, 3.63) is 78.5 Å². The molecule has 0 amide bonds. The summed E-state index contributed by atoms with van der Waals surface area (Å²) in [6.07, 6.45) is 3.41. The number of benzene rings is 2. The first kappa shape index (κ1) is 20.0. The molecule has 2 aromatic carbocycles. The molecule has 6 nitrogen and oxygen atoms in total. The zero-order valence-electron chi connectivity index (χ0n) is 17.7. The molecule has 0 unspecified atom stereocenters. The summed E-state index contributed by atoms with van der Waals surface area (Å²) in [6.45, 7) is 2.04. The van der Waals surface area contributed by atoms with Crippen LogP contribution in [-0.4, -0.2) is 35.5 Å². The summed E-state index contributed by atoms with van der Waals surface area (Å²) in [6, 6.07) is 16.3. The molecule has 0 atom stereocenters. The monoisotopic (exact) mass is 458 g/mol. The molecule has 4 heterocycles. The second-order valence-electron chi connectivity index (χ2n) is 8.17. The number of nitrogens with zero attached hydrogens (tertiary/aromatic N) is 4. The molecule has 164 valence electrons. The average Bonchev–Trinajstić information content (AvgIpc) is 3.42. The van der Waals surface area contributed by atoms with Crippen LogP contribution in [0.15, 0.2) is 71.5 Å². The summed E-state index contributed by atoms with van der Waals surface area (Å²) < 4.78 is 33.2.